The molecule has 0 fully saturated rings. The third kappa shape index (κ3) is 23.1. The lowest BCUT2D eigenvalue weighted by molar-refractivity contribution is -0.152. The lowest BCUT2D eigenvalue weighted by Crippen LogP contribution is -2.10. The number of hydrogen-bond donors (Lipinski definition) is 0. The van der Waals surface area contributed by atoms with E-state index in [2.05, 4.69) is 30.1 Å². The van der Waals surface area contributed by atoms with E-state index in [9.17, 15) is 9.59 Å². The first-order valence-corrected chi connectivity index (χ1v) is 13.5. The van der Waals surface area contributed by atoms with Gasteiger partial charge in [-0.1, -0.05) is 141 Å². The van der Waals surface area contributed by atoms with Crippen molar-refractivity contribution in [1.29, 1.82) is 0 Å². The summed E-state index contributed by atoms with van der Waals surface area (Å²) in [5.41, 5.74) is 0.203. The molecular formula is C29H50O3. The highest BCUT2D eigenvalue weighted by molar-refractivity contribution is 6.01. The number of rotatable bonds is 21. The fourth-order valence-electron chi connectivity index (χ4n) is 3.80. The van der Waals surface area contributed by atoms with Gasteiger partial charge >= 0.3 is 11.9 Å². The first-order valence-electron chi connectivity index (χ1n) is 13.5. The molecule has 0 saturated carbocycles. The topological polar surface area (TPSA) is 43.4 Å². The minimum Gasteiger partial charge on any atom is -0.380 e. The van der Waals surface area contributed by atoms with Crippen molar-refractivity contribution in [3.8, 4) is 11.8 Å². The van der Waals surface area contributed by atoms with Crippen LogP contribution < -0.4 is 0 Å². The van der Waals surface area contributed by atoms with Gasteiger partial charge in [0.25, 0.3) is 0 Å². The van der Waals surface area contributed by atoms with Crippen LogP contribution in [0.15, 0.2) is 12.2 Å². The maximum absolute atomic E-state index is 11.3. The van der Waals surface area contributed by atoms with Crippen molar-refractivity contribution in [2.45, 2.75) is 149 Å². The van der Waals surface area contributed by atoms with Crippen molar-refractivity contribution in [1.82, 2.24) is 0 Å². The van der Waals surface area contributed by atoms with Gasteiger partial charge in [0.05, 0.1) is 0 Å². The van der Waals surface area contributed by atoms with Gasteiger partial charge in [-0.3, -0.25) is 0 Å². The van der Waals surface area contributed by atoms with E-state index in [1.807, 2.05) is 0 Å². The first kappa shape index (κ1) is 30.4. The quantitative estimate of drug-likeness (QED) is 0.0441. The Morgan fingerprint density at radius 2 is 0.969 bits per heavy atom. The van der Waals surface area contributed by atoms with Gasteiger partial charge < -0.3 is 4.74 Å². The van der Waals surface area contributed by atoms with Crippen LogP contribution in [0.1, 0.15) is 149 Å². The molecule has 0 aromatic heterocycles. The predicted molar refractivity (Wildman–Crippen MR) is 136 cm³/mol. The predicted octanol–water partition coefficient (Wildman–Crippen LogP) is 8.85. The minimum absolute atomic E-state index is 0.203. The Hall–Kier alpha value is -1.56. The summed E-state index contributed by atoms with van der Waals surface area (Å²) in [5.74, 6) is 3.65. The lowest BCUT2D eigenvalue weighted by Gasteiger charge is -2.04. The average molecular weight is 447 g/mol. The number of carbonyl (C=O) groups excluding carboxylic acids is 2. The molecule has 0 heterocycles. The molecule has 0 rings (SSSR count). The van der Waals surface area contributed by atoms with E-state index in [-0.39, 0.29) is 5.57 Å². The first-order chi connectivity index (χ1) is 15.6. The molecule has 0 spiro atoms. The molecular weight excluding hydrogens is 396 g/mol. The zero-order valence-electron chi connectivity index (χ0n) is 21.3. The van der Waals surface area contributed by atoms with E-state index in [1.165, 1.54) is 122 Å². The molecule has 184 valence electrons. The third-order valence-corrected chi connectivity index (χ3v) is 5.88. The highest BCUT2D eigenvalue weighted by Gasteiger charge is 2.07. The standard InChI is InChI=1S/C29H50O3/c1-4-5-6-7-8-9-10-11-12-13-14-15-16-17-18-19-20-21-22-23-24-25-26-28(30)32-29(31)27(2)3/h2,4-24H2,1,3H3. The van der Waals surface area contributed by atoms with E-state index in [0.29, 0.717) is 6.42 Å². The van der Waals surface area contributed by atoms with E-state index >= 15 is 0 Å². The van der Waals surface area contributed by atoms with Crippen molar-refractivity contribution < 1.29 is 14.3 Å². The maximum Gasteiger partial charge on any atom is 0.392 e. The zero-order valence-corrected chi connectivity index (χ0v) is 21.3. The highest BCUT2D eigenvalue weighted by atomic mass is 16.6. The van der Waals surface area contributed by atoms with Gasteiger partial charge in [0.15, 0.2) is 0 Å². The number of ether oxygens (including phenoxy) is 1. The molecule has 0 aliphatic carbocycles. The Labute approximate surface area is 199 Å². The Bertz CT molecular complexity index is 538. The number of unbranched alkanes of at least 4 members (excludes halogenated alkanes) is 20. The van der Waals surface area contributed by atoms with Crippen molar-refractivity contribution in [3.05, 3.63) is 12.2 Å². The van der Waals surface area contributed by atoms with Crippen LogP contribution in [0.5, 0.6) is 0 Å². The molecule has 0 unspecified atom stereocenters. The second-order valence-corrected chi connectivity index (χ2v) is 9.23. The van der Waals surface area contributed by atoms with Crippen molar-refractivity contribution in [2.75, 3.05) is 0 Å². The number of hydrogen-bond acceptors (Lipinski definition) is 3. The largest absolute Gasteiger partial charge is 0.392 e. The molecule has 0 radical (unpaired) electrons. The van der Waals surface area contributed by atoms with Gasteiger partial charge in [0, 0.05) is 17.9 Å². The molecule has 0 bridgehead atoms. The molecule has 0 aromatic rings. The van der Waals surface area contributed by atoms with Gasteiger partial charge in [0.2, 0.25) is 0 Å². The highest BCUT2D eigenvalue weighted by Crippen LogP contribution is 2.15. The van der Waals surface area contributed by atoms with Crippen molar-refractivity contribution >= 4 is 11.9 Å². The Morgan fingerprint density at radius 1 is 0.625 bits per heavy atom. The smallest absolute Gasteiger partial charge is 0.380 e. The molecule has 0 N–H and O–H groups in total. The fourth-order valence-corrected chi connectivity index (χ4v) is 3.80. The summed E-state index contributed by atoms with van der Waals surface area (Å²) in [6.45, 7) is 7.21. The molecule has 0 aliphatic heterocycles. The van der Waals surface area contributed by atoms with Crippen LogP contribution >= 0.6 is 0 Å². The summed E-state index contributed by atoms with van der Waals surface area (Å²) in [6.07, 6.45) is 28.0. The second kappa shape index (κ2) is 24.1. The van der Waals surface area contributed by atoms with Crippen LogP contribution in [-0.2, 0) is 14.3 Å². The Balaban J connectivity index is 3.23. The third-order valence-electron chi connectivity index (χ3n) is 5.88. The van der Waals surface area contributed by atoms with Crippen molar-refractivity contribution in [3.63, 3.8) is 0 Å². The SMILES string of the molecule is C=C(C)C(=O)OC(=O)C#CCCCCCCCCCCCCCCCCCCCCCC. The molecule has 32 heavy (non-hydrogen) atoms. The van der Waals surface area contributed by atoms with Crippen LogP contribution in [0.25, 0.3) is 0 Å². The van der Waals surface area contributed by atoms with E-state index in [4.69, 9.17) is 0 Å². The normalized spacial score (nSPS) is 10.4. The molecule has 0 saturated heterocycles. The van der Waals surface area contributed by atoms with Gasteiger partial charge in [-0.05, 0) is 13.3 Å². The fraction of sp³-hybridized carbons (Fsp3) is 0.793. The molecule has 3 heteroatoms. The van der Waals surface area contributed by atoms with E-state index in [1.54, 1.807) is 0 Å². The summed E-state index contributed by atoms with van der Waals surface area (Å²) < 4.78 is 4.51. The molecule has 3 nitrogen and oxygen atoms in total. The van der Waals surface area contributed by atoms with Gasteiger partial charge in [0.1, 0.15) is 0 Å². The van der Waals surface area contributed by atoms with Gasteiger partial charge in [-0.25, -0.2) is 9.59 Å². The van der Waals surface area contributed by atoms with Crippen LogP contribution in [0, 0.1) is 11.8 Å². The van der Waals surface area contributed by atoms with Crippen molar-refractivity contribution in [2.24, 2.45) is 0 Å². The maximum atomic E-state index is 11.3. The average Bonchev–Trinajstić information content (AvgIpc) is 2.77. The molecule has 0 aliphatic rings. The summed E-state index contributed by atoms with van der Waals surface area (Å²) >= 11 is 0. The lowest BCUT2D eigenvalue weighted by atomic mass is 10.0. The number of carbonyl (C=O) groups is 2. The van der Waals surface area contributed by atoms with Gasteiger partial charge in [-0.15, -0.1) is 0 Å². The van der Waals surface area contributed by atoms with Crippen LogP contribution in [-0.4, -0.2) is 11.9 Å². The minimum atomic E-state index is -0.786. The van der Waals surface area contributed by atoms with E-state index in [0.717, 1.165) is 12.8 Å². The summed E-state index contributed by atoms with van der Waals surface area (Å²) in [7, 11) is 0. The number of esters is 2. The summed E-state index contributed by atoms with van der Waals surface area (Å²) in [4.78, 5) is 22.5. The van der Waals surface area contributed by atoms with Crippen LogP contribution in [0.3, 0.4) is 0 Å². The zero-order chi connectivity index (χ0) is 23.7. The summed E-state index contributed by atoms with van der Waals surface area (Å²) in [5, 5.41) is 0. The van der Waals surface area contributed by atoms with Gasteiger partial charge in [-0.2, -0.15) is 0 Å². The second-order valence-electron chi connectivity index (χ2n) is 9.23. The summed E-state index contributed by atoms with van der Waals surface area (Å²) in [6, 6.07) is 0. The molecule has 0 atom stereocenters. The molecule has 0 amide bonds. The van der Waals surface area contributed by atoms with Crippen LogP contribution in [0.2, 0.25) is 0 Å². The molecule has 0 aromatic carbocycles. The van der Waals surface area contributed by atoms with E-state index < -0.39 is 11.9 Å². The Morgan fingerprint density at radius 3 is 1.31 bits per heavy atom. The van der Waals surface area contributed by atoms with Crippen LogP contribution in [0.4, 0.5) is 0 Å². The monoisotopic (exact) mass is 446 g/mol. The Kier molecular flexibility index (Phi) is 22.9.